The molecule has 94 valence electrons. The molecule has 0 amide bonds. The smallest absolute Gasteiger partial charge is 0.0877 e. The quantitative estimate of drug-likeness (QED) is 0.812. The summed E-state index contributed by atoms with van der Waals surface area (Å²) < 4.78 is 6.14. The number of aromatic nitrogens is 1. The zero-order valence-corrected chi connectivity index (χ0v) is 11.1. The van der Waals surface area contributed by atoms with Gasteiger partial charge in [0.25, 0.3) is 0 Å². The maximum absolute atomic E-state index is 6.14. The fourth-order valence-electron chi connectivity index (χ4n) is 2.69. The second-order valence-electron chi connectivity index (χ2n) is 5.34. The van der Waals surface area contributed by atoms with Gasteiger partial charge < -0.3 is 10.5 Å². The molecule has 2 rings (SSSR count). The van der Waals surface area contributed by atoms with Gasteiger partial charge in [0, 0.05) is 11.8 Å². The molecule has 1 aliphatic rings. The Balaban J connectivity index is 2.30. The number of rotatable bonds is 1. The summed E-state index contributed by atoms with van der Waals surface area (Å²) in [5, 5.41) is 0. The van der Waals surface area contributed by atoms with Crippen LogP contribution in [0.15, 0.2) is 18.5 Å². The van der Waals surface area contributed by atoms with E-state index in [1.807, 2.05) is 6.07 Å². The highest BCUT2D eigenvalue weighted by atomic mass is 16.5. The lowest BCUT2D eigenvalue weighted by molar-refractivity contribution is -0.127. The molecule has 3 heteroatoms. The average Bonchev–Trinajstić information content (AvgIpc) is 2.32. The van der Waals surface area contributed by atoms with Crippen molar-refractivity contribution in [2.45, 2.75) is 39.9 Å². The first kappa shape index (κ1) is 12.4. The Kier molecular flexibility index (Phi) is 3.38. The van der Waals surface area contributed by atoms with Crippen LogP contribution in [-0.2, 0) is 4.74 Å². The number of nitrogens with two attached hydrogens (primary N) is 1. The Morgan fingerprint density at radius 2 is 1.82 bits per heavy atom. The number of anilines is 1. The molecule has 0 bridgehead atoms. The lowest BCUT2D eigenvalue weighted by Crippen LogP contribution is -2.39. The van der Waals surface area contributed by atoms with Crippen molar-refractivity contribution in [3.8, 4) is 0 Å². The van der Waals surface area contributed by atoms with Crippen LogP contribution in [0, 0.1) is 17.8 Å². The van der Waals surface area contributed by atoms with Crippen molar-refractivity contribution < 1.29 is 4.74 Å². The number of hydrogen-bond acceptors (Lipinski definition) is 3. The standard InChI is InChI=1S/C14H22N2O/c1-8-9(2)11(4)17-14(10(8)3)12-5-6-16-7-13(12)15/h5-11,14H,15H2,1-4H3/t8-,9+,10-,11+,14+/m0/s1. The lowest BCUT2D eigenvalue weighted by atomic mass is 9.75. The van der Waals surface area contributed by atoms with Crippen molar-refractivity contribution >= 4 is 5.69 Å². The molecule has 3 nitrogen and oxygen atoms in total. The van der Waals surface area contributed by atoms with Crippen LogP contribution in [0.25, 0.3) is 0 Å². The van der Waals surface area contributed by atoms with Gasteiger partial charge in [-0.05, 0) is 30.7 Å². The molecule has 17 heavy (non-hydrogen) atoms. The summed E-state index contributed by atoms with van der Waals surface area (Å²) in [5.74, 6) is 1.70. The molecular weight excluding hydrogens is 212 g/mol. The maximum Gasteiger partial charge on any atom is 0.0877 e. The molecule has 0 unspecified atom stereocenters. The molecule has 2 heterocycles. The molecule has 1 aliphatic heterocycles. The Labute approximate surface area is 103 Å². The topological polar surface area (TPSA) is 48.1 Å². The van der Waals surface area contributed by atoms with Gasteiger partial charge >= 0.3 is 0 Å². The summed E-state index contributed by atoms with van der Waals surface area (Å²) >= 11 is 0. The molecule has 1 aromatic rings. The molecule has 0 spiro atoms. The van der Waals surface area contributed by atoms with Gasteiger partial charge in [-0.15, -0.1) is 0 Å². The molecule has 0 aliphatic carbocycles. The van der Waals surface area contributed by atoms with Crippen LogP contribution in [-0.4, -0.2) is 11.1 Å². The largest absolute Gasteiger partial charge is 0.397 e. The van der Waals surface area contributed by atoms with Gasteiger partial charge in [0.1, 0.15) is 0 Å². The molecule has 1 saturated heterocycles. The number of hydrogen-bond donors (Lipinski definition) is 1. The van der Waals surface area contributed by atoms with Crippen LogP contribution in [0.3, 0.4) is 0 Å². The summed E-state index contributed by atoms with van der Waals surface area (Å²) in [6.07, 6.45) is 3.87. The van der Waals surface area contributed by atoms with Crippen molar-refractivity contribution in [3.05, 3.63) is 24.0 Å². The van der Waals surface area contributed by atoms with E-state index in [0.29, 0.717) is 17.8 Å². The average molecular weight is 234 g/mol. The third-order valence-electron chi connectivity index (χ3n) is 4.43. The molecule has 5 atom stereocenters. The van der Waals surface area contributed by atoms with Gasteiger partial charge in [-0.2, -0.15) is 0 Å². The minimum Gasteiger partial charge on any atom is -0.397 e. The predicted molar refractivity (Wildman–Crippen MR) is 69.4 cm³/mol. The number of ether oxygens (including phenoxy) is 1. The second-order valence-corrected chi connectivity index (χ2v) is 5.34. The maximum atomic E-state index is 6.14. The molecule has 1 aromatic heterocycles. The fraction of sp³-hybridized carbons (Fsp3) is 0.643. The number of nitrogens with zero attached hydrogens (tertiary/aromatic N) is 1. The van der Waals surface area contributed by atoms with Gasteiger partial charge in [-0.25, -0.2) is 0 Å². The number of nitrogen functional groups attached to an aromatic ring is 1. The van der Waals surface area contributed by atoms with Crippen LogP contribution in [0.2, 0.25) is 0 Å². The molecule has 0 aromatic carbocycles. The third kappa shape index (κ3) is 2.16. The van der Waals surface area contributed by atoms with E-state index >= 15 is 0 Å². The molecular formula is C14H22N2O. The van der Waals surface area contributed by atoms with Crippen LogP contribution < -0.4 is 5.73 Å². The highest BCUT2D eigenvalue weighted by molar-refractivity contribution is 5.45. The summed E-state index contributed by atoms with van der Waals surface area (Å²) in [6, 6.07) is 1.98. The predicted octanol–water partition coefficient (Wildman–Crippen LogP) is 3.03. The van der Waals surface area contributed by atoms with Gasteiger partial charge in [0.2, 0.25) is 0 Å². The van der Waals surface area contributed by atoms with E-state index in [1.165, 1.54) is 0 Å². The van der Waals surface area contributed by atoms with E-state index in [2.05, 4.69) is 32.7 Å². The molecule has 2 N–H and O–H groups in total. The normalized spacial score (nSPS) is 38.0. The van der Waals surface area contributed by atoms with E-state index in [-0.39, 0.29) is 12.2 Å². The highest BCUT2D eigenvalue weighted by Gasteiger charge is 2.38. The van der Waals surface area contributed by atoms with E-state index < -0.39 is 0 Å². The summed E-state index contributed by atoms with van der Waals surface area (Å²) in [5.41, 5.74) is 7.81. The van der Waals surface area contributed by atoms with Crippen LogP contribution in [0.1, 0.15) is 39.4 Å². The fourth-order valence-corrected chi connectivity index (χ4v) is 2.69. The zero-order valence-electron chi connectivity index (χ0n) is 11.1. The Morgan fingerprint density at radius 3 is 2.47 bits per heavy atom. The molecule has 1 fully saturated rings. The van der Waals surface area contributed by atoms with Gasteiger partial charge in [0.15, 0.2) is 0 Å². The van der Waals surface area contributed by atoms with Crippen LogP contribution in [0.4, 0.5) is 5.69 Å². The minimum atomic E-state index is 0.0965. The van der Waals surface area contributed by atoms with Gasteiger partial charge in [-0.1, -0.05) is 20.8 Å². The number of pyridine rings is 1. The Bertz CT molecular complexity index is 394. The highest BCUT2D eigenvalue weighted by Crippen LogP contribution is 2.43. The third-order valence-corrected chi connectivity index (χ3v) is 4.43. The van der Waals surface area contributed by atoms with Crippen LogP contribution in [0.5, 0.6) is 0 Å². The van der Waals surface area contributed by atoms with E-state index in [9.17, 15) is 0 Å². The van der Waals surface area contributed by atoms with Crippen molar-refractivity contribution in [1.82, 2.24) is 4.98 Å². The second kappa shape index (κ2) is 4.65. The van der Waals surface area contributed by atoms with Crippen molar-refractivity contribution in [2.24, 2.45) is 17.8 Å². The summed E-state index contributed by atoms with van der Waals surface area (Å²) in [6.45, 7) is 8.96. The first-order chi connectivity index (χ1) is 8.02. The van der Waals surface area contributed by atoms with E-state index in [1.54, 1.807) is 12.4 Å². The Hall–Kier alpha value is -1.09. The summed E-state index contributed by atoms with van der Waals surface area (Å²) in [7, 11) is 0. The zero-order chi connectivity index (χ0) is 12.6. The van der Waals surface area contributed by atoms with Crippen molar-refractivity contribution in [3.63, 3.8) is 0 Å². The SMILES string of the molecule is C[C@H]1[C@@H](C)[C@@H](C)O[C@@H](c2ccncc2N)[C@H]1C. The molecule has 0 saturated carbocycles. The van der Waals surface area contributed by atoms with Gasteiger partial charge in [0.05, 0.1) is 24.1 Å². The van der Waals surface area contributed by atoms with E-state index in [4.69, 9.17) is 10.5 Å². The van der Waals surface area contributed by atoms with Crippen molar-refractivity contribution in [1.29, 1.82) is 0 Å². The monoisotopic (exact) mass is 234 g/mol. The first-order valence-corrected chi connectivity index (χ1v) is 6.37. The summed E-state index contributed by atoms with van der Waals surface area (Å²) in [4.78, 5) is 4.04. The minimum absolute atomic E-state index is 0.0965. The molecule has 0 radical (unpaired) electrons. The van der Waals surface area contributed by atoms with E-state index in [0.717, 1.165) is 11.3 Å². The van der Waals surface area contributed by atoms with Gasteiger partial charge in [-0.3, -0.25) is 4.98 Å². The van der Waals surface area contributed by atoms with Crippen LogP contribution >= 0.6 is 0 Å². The Morgan fingerprint density at radius 1 is 1.12 bits per heavy atom. The van der Waals surface area contributed by atoms with Crippen molar-refractivity contribution in [2.75, 3.05) is 5.73 Å². The first-order valence-electron chi connectivity index (χ1n) is 6.37. The lowest BCUT2D eigenvalue weighted by Gasteiger charge is -2.43.